The van der Waals surface area contributed by atoms with Gasteiger partial charge in [-0.15, -0.1) is 15.3 Å². The number of rotatable bonds is 7. The maximum Gasteiger partial charge on any atom is 0.246 e. The molecule has 29 heavy (non-hydrogen) atoms. The minimum absolute atomic E-state index is 0.172. The molecule has 0 unspecified atom stereocenters. The van der Waals surface area contributed by atoms with Crippen molar-refractivity contribution in [1.82, 2.24) is 29.9 Å². The first kappa shape index (κ1) is 19.4. The molecule has 0 spiro atoms. The maximum absolute atomic E-state index is 12.4. The van der Waals surface area contributed by atoms with Crippen LogP contribution in [-0.4, -0.2) is 54.7 Å². The van der Waals surface area contributed by atoms with E-state index in [-0.39, 0.29) is 11.7 Å². The van der Waals surface area contributed by atoms with Crippen molar-refractivity contribution in [3.8, 4) is 5.69 Å². The molecule has 4 rings (SSSR count). The fourth-order valence-electron chi connectivity index (χ4n) is 3.38. The topological polar surface area (TPSA) is 105 Å². The molecule has 2 N–H and O–H groups in total. The highest BCUT2D eigenvalue weighted by Gasteiger charge is 2.17. The zero-order chi connectivity index (χ0) is 20.1. The summed E-state index contributed by atoms with van der Waals surface area (Å²) < 4.78 is 1.92. The van der Waals surface area contributed by atoms with E-state index in [1.54, 1.807) is 6.33 Å². The lowest BCUT2D eigenvalue weighted by Crippen LogP contribution is -2.30. The Kier molecular flexibility index (Phi) is 6.09. The van der Waals surface area contributed by atoms with E-state index in [9.17, 15) is 4.79 Å². The van der Waals surface area contributed by atoms with E-state index >= 15 is 0 Å². The summed E-state index contributed by atoms with van der Waals surface area (Å²) >= 11 is 1.33. The Balaban J connectivity index is 1.36. The predicted octanol–water partition coefficient (Wildman–Crippen LogP) is 2.67. The van der Waals surface area contributed by atoms with Gasteiger partial charge in [0.1, 0.15) is 6.33 Å². The average Bonchev–Trinajstić information content (AvgIpc) is 3.42. The number of H-pyrrole nitrogens is 1. The number of para-hydroxylation sites is 1. The summed E-state index contributed by atoms with van der Waals surface area (Å²) in [4.78, 5) is 18.9. The first-order valence-electron chi connectivity index (χ1n) is 9.83. The lowest BCUT2D eigenvalue weighted by Gasteiger charge is -2.24. The van der Waals surface area contributed by atoms with Crippen LogP contribution in [-0.2, 0) is 11.2 Å². The number of anilines is 2. The van der Waals surface area contributed by atoms with Gasteiger partial charge in [-0.1, -0.05) is 36.9 Å². The molecule has 0 bridgehead atoms. The Labute approximate surface area is 173 Å². The highest BCUT2D eigenvalue weighted by atomic mass is 32.2. The molecule has 0 saturated carbocycles. The molecule has 0 radical (unpaired) electrons. The molecule has 10 heteroatoms. The molecule has 2 aromatic heterocycles. The number of carbonyl (C=O) groups excluding carboxylic acids is 1. The summed E-state index contributed by atoms with van der Waals surface area (Å²) in [6.45, 7) is 4.02. The second-order valence-electron chi connectivity index (χ2n) is 6.83. The Morgan fingerprint density at radius 3 is 2.90 bits per heavy atom. The van der Waals surface area contributed by atoms with Crippen molar-refractivity contribution in [2.75, 3.05) is 29.1 Å². The molecule has 1 aliphatic rings. The summed E-state index contributed by atoms with van der Waals surface area (Å²) in [6.07, 6.45) is 6.12. The van der Waals surface area contributed by atoms with Crippen LogP contribution < -0.4 is 10.2 Å². The number of hydrogen-bond acceptors (Lipinski definition) is 7. The molecule has 0 aliphatic carbocycles. The first-order valence-corrected chi connectivity index (χ1v) is 10.8. The number of nitrogens with one attached hydrogen (secondary N) is 2. The van der Waals surface area contributed by atoms with E-state index in [0.717, 1.165) is 38.0 Å². The third kappa shape index (κ3) is 4.58. The van der Waals surface area contributed by atoms with Crippen molar-refractivity contribution in [2.45, 2.75) is 37.8 Å². The average molecular weight is 413 g/mol. The van der Waals surface area contributed by atoms with E-state index in [0.29, 0.717) is 17.1 Å². The van der Waals surface area contributed by atoms with Crippen LogP contribution in [0, 0.1) is 0 Å². The lowest BCUT2D eigenvalue weighted by molar-refractivity contribution is -0.113. The number of hydrogen-bond donors (Lipinski definition) is 2. The van der Waals surface area contributed by atoms with Crippen molar-refractivity contribution < 1.29 is 4.79 Å². The Morgan fingerprint density at radius 2 is 2.07 bits per heavy atom. The molecule has 3 heterocycles. The van der Waals surface area contributed by atoms with Gasteiger partial charge in [0.15, 0.2) is 5.16 Å². The highest BCUT2D eigenvalue weighted by Crippen LogP contribution is 2.23. The molecule has 1 fully saturated rings. The number of nitrogens with zero attached hydrogens (tertiary/aromatic N) is 6. The van der Waals surface area contributed by atoms with Crippen molar-refractivity contribution in [2.24, 2.45) is 0 Å². The van der Waals surface area contributed by atoms with Crippen molar-refractivity contribution >= 4 is 29.6 Å². The summed E-state index contributed by atoms with van der Waals surface area (Å²) in [5, 5.41) is 18.6. The van der Waals surface area contributed by atoms with Gasteiger partial charge in [0.2, 0.25) is 17.8 Å². The molecule has 1 aliphatic heterocycles. The van der Waals surface area contributed by atoms with Crippen molar-refractivity contribution in [3.05, 3.63) is 36.2 Å². The lowest BCUT2D eigenvalue weighted by atomic mass is 10.1. The Hall–Kier alpha value is -2.88. The van der Waals surface area contributed by atoms with Gasteiger partial charge in [-0.25, -0.2) is 5.10 Å². The maximum atomic E-state index is 12.4. The van der Waals surface area contributed by atoms with Gasteiger partial charge in [0.25, 0.3) is 0 Å². The van der Waals surface area contributed by atoms with Crippen LogP contribution in [0.4, 0.5) is 11.9 Å². The molecule has 0 atom stereocenters. The number of thioether (sulfide) groups is 1. The van der Waals surface area contributed by atoms with Gasteiger partial charge >= 0.3 is 0 Å². The van der Waals surface area contributed by atoms with Crippen LogP contribution in [0.3, 0.4) is 0 Å². The van der Waals surface area contributed by atoms with E-state index in [1.165, 1.54) is 23.7 Å². The Morgan fingerprint density at radius 1 is 1.24 bits per heavy atom. The molecule has 1 amide bonds. The molecule has 3 aromatic rings. The molecular formula is C19H24N8OS. The summed E-state index contributed by atoms with van der Waals surface area (Å²) in [6, 6.07) is 8.12. The fourth-order valence-corrected chi connectivity index (χ4v) is 4.10. The van der Waals surface area contributed by atoms with Gasteiger partial charge in [-0.3, -0.25) is 14.7 Å². The molecule has 1 saturated heterocycles. The number of aryl methyl sites for hydroxylation is 1. The van der Waals surface area contributed by atoms with E-state index in [2.05, 4.69) is 48.6 Å². The zero-order valence-electron chi connectivity index (χ0n) is 16.3. The van der Waals surface area contributed by atoms with Crippen molar-refractivity contribution in [3.63, 3.8) is 0 Å². The summed E-state index contributed by atoms with van der Waals surface area (Å²) in [7, 11) is 0. The minimum Gasteiger partial charge on any atom is -0.340 e. The molecule has 9 nitrogen and oxygen atoms in total. The highest BCUT2D eigenvalue weighted by molar-refractivity contribution is 7.99. The normalized spacial score (nSPS) is 14.2. The molecular weight excluding hydrogens is 388 g/mol. The monoisotopic (exact) mass is 412 g/mol. The van der Waals surface area contributed by atoms with E-state index in [4.69, 9.17) is 0 Å². The van der Waals surface area contributed by atoms with Crippen LogP contribution in [0.2, 0.25) is 0 Å². The van der Waals surface area contributed by atoms with Crippen LogP contribution in [0.5, 0.6) is 0 Å². The smallest absolute Gasteiger partial charge is 0.246 e. The third-order valence-corrected chi connectivity index (χ3v) is 5.79. The quantitative estimate of drug-likeness (QED) is 0.575. The van der Waals surface area contributed by atoms with E-state index in [1.807, 2.05) is 22.8 Å². The fraction of sp³-hybridized carbons (Fsp3) is 0.421. The van der Waals surface area contributed by atoms with Gasteiger partial charge in [0.05, 0.1) is 11.4 Å². The first-order chi connectivity index (χ1) is 14.2. The van der Waals surface area contributed by atoms with Gasteiger partial charge < -0.3 is 4.90 Å². The SMILES string of the molecule is CCc1ccccc1-n1cnnc1SCC(=O)Nc1nc(N2CCCCC2)n[nH]1. The summed E-state index contributed by atoms with van der Waals surface area (Å²) in [5.74, 6) is 1.04. The number of aromatic nitrogens is 6. The number of benzene rings is 1. The second-order valence-corrected chi connectivity index (χ2v) is 7.78. The second kappa shape index (κ2) is 9.08. The van der Waals surface area contributed by atoms with Crippen LogP contribution in [0.15, 0.2) is 35.7 Å². The number of amides is 1. The number of piperidine rings is 1. The number of carbonyl (C=O) groups is 1. The Bertz CT molecular complexity index is 963. The van der Waals surface area contributed by atoms with Gasteiger partial charge in [0, 0.05) is 13.1 Å². The number of aromatic amines is 1. The minimum atomic E-state index is -0.172. The third-order valence-electron chi connectivity index (χ3n) is 4.85. The predicted molar refractivity (Wildman–Crippen MR) is 113 cm³/mol. The zero-order valence-corrected chi connectivity index (χ0v) is 17.2. The standard InChI is InChI=1S/C19H24N8OS/c1-2-14-8-4-5-9-15(14)27-13-20-25-19(27)29-12-16(28)21-17-22-18(24-23-17)26-10-6-3-7-11-26/h4-5,8-9,13H,2-3,6-7,10-12H2,1H3,(H2,21,22,23,24,28). The van der Waals surface area contributed by atoms with E-state index < -0.39 is 0 Å². The largest absolute Gasteiger partial charge is 0.340 e. The molecule has 152 valence electrons. The summed E-state index contributed by atoms with van der Waals surface area (Å²) in [5.41, 5.74) is 2.23. The van der Waals surface area contributed by atoms with Crippen molar-refractivity contribution in [1.29, 1.82) is 0 Å². The van der Waals surface area contributed by atoms with Crippen LogP contribution in [0.1, 0.15) is 31.7 Å². The van der Waals surface area contributed by atoms with Crippen LogP contribution in [0.25, 0.3) is 5.69 Å². The van der Waals surface area contributed by atoms with Crippen LogP contribution >= 0.6 is 11.8 Å². The van der Waals surface area contributed by atoms with Gasteiger partial charge in [-0.05, 0) is 37.3 Å². The van der Waals surface area contributed by atoms with Gasteiger partial charge in [-0.2, -0.15) is 4.98 Å². The molecule has 1 aromatic carbocycles.